The van der Waals surface area contributed by atoms with Gasteiger partial charge < -0.3 is 4.74 Å². The highest BCUT2D eigenvalue weighted by Gasteiger charge is 2.38. The third-order valence-corrected chi connectivity index (χ3v) is 4.17. The Morgan fingerprint density at radius 2 is 1.55 bits per heavy atom. The highest BCUT2D eigenvalue weighted by molar-refractivity contribution is 6.00. The largest absolute Gasteiger partial charge is 0.469 e. The molecule has 0 aromatic heterocycles. The molecule has 106 valence electrons. The molecule has 0 N–H and O–H groups in total. The van der Waals surface area contributed by atoms with Crippen LogP contribution in [0.25, 0.3) is 0 Å². The molecule has 0 heterocycles. The fourth-order valence-corrected chi connectivity index (χ4v) is 2.78. The average molecular weight is 272 g/mol. The number of allylic oxidation sites excluding steroid dienone is 2. The smallest absolute Gasteiger partial charge is 0.309 e. The Morgan fingerprint density at radius 1 is 1.00 bits per heavy atom. The summed E-state index contributed by atoms with van der Waals surface area (Å²) in [7, 11) is 1.38. The van der Waals surface area contributed by atoms with Crippen LogP contribution in [0.4, 0.5) is 0 Å². The zero-order valence-electron chi connectivity index (χ0n) is 12.2. The van der Waals surface area contributed by atoms with Gasteiger partial charge in [0.2, 0.25) is 0 Å². The summed E-state index contributed by atoms with van der Waals surface area (Å²) in [6.45, 7) is 4.06. The van der Waals surface area contributed by atoms with Crippen LogP contribution in [0.15, 0.2) is 41.5 Å². The van der Waals surface area contributed by atoms with Gasteiger partial charge in [0.15, 0.2) is 5.78 Å². The van der Waals surface area contributed by atoms with Gasteiger partial charge in [-0.25, -0.2) is 0 Å². The van der Waals surface area contributed by atoms with Gasteiger partial charge in [-0.1, -0.05) is 41.5 Å². The van der Waals surface area contributed by atoms with Gasteiger partial charge in [0, 0.05) is 11.5 Å². The van der Waals surface area contributed by atoms with Crippen LogP contribution in [0.2, 0.25) is 0 Å². The summed E-state index contributed by atoms with van der Waals surface area (Å²) in [6.07, 6.45) is 1.25. The van der Waals surface area contributed by atoms with E-state index in [1.54, 1.807) is 12.1 Å². The maximum atomic E-state index is 12.7. The van der Waals surface area contributed by atoms with E-state index in [4.69, 9.17) is 4.74 Å². The van der Waals surface area contributed by atoms with Crippen molar-refractivity contribution in [2.24, 2.45) is 11.8 Å². The lowest BCUT2D eigenvalue weighted by Crippen LogP contribution is -2.34. The van der Waals surface area contributed by atoms with Crippen LogP contribution in [-0.4, -0.2) is 18.9 Å². The highest BCUT2D eigenvalue weighted by atomic mass is 16.5. The molecule has 0 unspecified atom stereocenters. The van der Waals surface area contributed by atoms with Gasteiger partial charge in [-0.3, -0.25) is 9.59 Å². The molecule has 0 radical (unpaired) electrons. The maximum absolute atomic E-state index is 12.7. The van der Waals surface area contributed by atoms with Gasteiger partial charge in [0.25, 0.3) is 0 Å². The standard InChI is InChI=1S/C17H20O3/c1-11-9-14(15(10-12(11)2)17(19)20-3)16(18)13-7-5-4-6-8-13/h4-8,14-15H,9-10H2,1-3H3/t14-,15-/m0/s1. The number of carbonyl (C=O) groups excluding carboxylic acids is 2. The lowest BCUT2D eigenvalue weighted by molar-refractivity contribution is -0.147. The zero-order chi connectivity index (χ0) is 14.7. The number of rotatable bonds is 3. The first kappa shape index (κ1) is 14.5. The number of carbonyl (C=O) groups is 2. The number of hydrogen-bond acceptors (Lipinski definition) is 3. The zero-order valence-corrected chi connectivity index (χ0v) is 12.2. The number of hydrogen-bond donors (Lipinski definition) is 0. The van der Waals surface area contributed by atoms with Crippen molar-refractivity contribution in [3.8, 4) is 0 Å². The van der Waals surface area contributed by atoms with Crippen molar-refractivity contribution in [2.45, 2.75) is 26.7 Å². The summed E-state index contributed by atoms with van der Waals surface area (Å²) >= 11 is 0. The minimum absolute atomic E-state index is 0.0350. The van der Waals surface area contributed by atoms with Gasteiger partial charge in [-0.15, -0.1) is 0 Å². The number of benzene rings is 1. The van der Waals surface area contributed by atoms with Gasteiger partial charge in [0.05, 0.1) is 13.0 Å². The first-order chi connectivity index (χ1) is 9.54. The van der Waals surface area contributed by atoms with E-state index in [2.05, 4.69) is 0 Å². The molecule has 0 aliphatic heterocycles. The van der Waals surface area contributed by atoms with Crippen molar-refractivity contribution < 1.29 is 14.3 Å². The molecule has 0 fully saturated rings. The van der Waals surface area contributed by atoms with Crippen molar-refractivity contribution in [3.63, 3.8) is 0 Å². The Morgan fingerprint density at radius 3 is 2.10 bits per heavy atom. The molecule has 0 amide bonds. The molecule has 20 heavy (non-hydrogen) atoms. The summed E-state index contributed by atoms with van der Waals surface area (Å²) in [5.41, 5.74) is 3.07. The maximum Gasteiger partial charge on any atom is 0.309 e. The van der Waals surface area contributed by atoms with Crippen LogP contribution in [-0.2, 0) is 9.53 Å². The Balaban J connectivity index is 2.32. The molecule has 0 bridgehead atoms. The highest BCUT2D eigenvalue weighted by Crippen LogP contribution is 2.36. The van der Waals surface area contributed by atoms with E-state index in [0.29, 0.717) is 18.4 Å². The topological polar surface area (TPSA) is 43.4 Å². The molecule has 1 aromatic rings. The molecule has 0 saturated heterocycles. The van der Waals surface area contributed by atoms with Crippen molar-refractivity contribution in [2.75, 3.05) is 7.11 Å². The van der Waals surface area contributed by atoms with Crippen LogP contribution in [0, 0.1) is 11.8 Å². The molecular weight excluding hydrogens is 252 g/mol. The minimum atomic E-state index is -0.364. The predicted octanol–water partition coefficient (Wildman–Crippen LogP) is 3.40. The van der Waals surface area contributed by atoms with E-state index in [0.717, 1.165) is 0 Å². The van der Waals surface area contributed by atoms with E-state index in [9.17, 15) is 9.59 Å². The Bertz CT molecular complexity index is 543. The fraction of sp³-hybridized carbons (Fsp3) is 0.412. The van der Waals surface area contributed by atoms with E-state index >= 15 is 0 Å². The average Bonchev–Trinajstić information content (AvgIpc) is 2.49. The van der Waals surface area contributed by atoms with Crippen molar-refractivity contribution >= 4 is 11.8 Å². The summed E-state index contributed by atoms with van der Waals surface area (Å²) in [5, 5.41) is 0. The first-order valence-electron chi connectivity index (χ1n) is 6.87. The summed E-state index contributed by atoms with van der Waals surface area (Å²) in [4.78, 5) is 24.6. The summed E-state index contributed by atoms with van der Waals surface area (Å²) < 4.78 is 4.88. The van der Waals surface area contributed by atoms with Gasteiger partial charge in [0.1, 0.15) is 0 Å². The lowest BCUT2D eigenvalue weighted by atomic mass is 9.73. The van der Waals surface area contributed by atoms with Crippen molar-refractivity contribution in [3.05, 3.63) is 47.0 Å². The molecule has 0 saturated carbocycles. The summed E-state index contributed by atoms with van der Waals surface area (Å²) in [5.74, 6) is -0.927. The number of Topliss-reactive ketones (excluding diaryl/α,β-unsaturated/α-hetero) is 1. The van der Waals surface area contributed by atoms with Crippen molar-refractivity contribution in [1.82, 2.24) is 0 Å². The molecule has 1 aromatic carbocycles. The molecule has 2 atom stereocenters. The molecule has 3 nitrogen and oxygen atoms in total. The second kappa shape index (κ2) is 6.04. The first-order valence-corrected chi connectivity index (χ1v) is 6.87. The second-order valence-corrected chi connectivity index (χ2v) is 5.44. The molecule has 1 aliphatic rings. The van der Waals surface area contributed by atoms with Gasteiger partial charge in [-0.05, 0) is 26.7 Å². The Kier molecular flexibility index (Phi) is 4.38. The third-order valence-electron chi connectivity index (χ3n) is 4.17. The third kappa shape index (κ3) is 2.82. The normalized spacial score (nSPS) is 22.6. The molecule has 2 rings (SSSR count). The molecular formula is C17H20O3. The quantitative estimate of drug-likeness (QED) is 0.481. The Hall–Kier alpha value is -1.90. The number of ether oxygens (including phenoxy) is 1. The number of esters is 1. The minimum Gasteiger partial charge on any atom is -0.469 e. The van der Waals surface area contributed by atoms with E-state index in [1.807, 2.05) is 32.0 Å². The van der Waals surface area contributed by atoms with E-state index in [1.165, 1.54) is 18.3 Å². The monoisotopic (exact) mass is 272 g/mol. The van der Waals surface area contributed by atoms with Gasteiger partial charge >= 0.3 is 5.97 Å². The SMILES string of the molecule is COC(=O)[C@H]1CC(C)=C(C)C[C@@H]1C(=O)c1ccccc1. The van der Waals surface area contributed by atoms with Crippen LogP contribution in [0.5, 0.6) is 0 Å². The van der Waals surface area contributed by atoms with Crippen LogP contribution >= 0.6 is 0 Å². The number of methoxy groups -OCH3 is 1. The Labute approximate surface area is 119 Å². The second-order valence-electron chi connectivity index (χ2n) is 5.44. The summed E-state index contributed by atoms with van der Waals surface area (Å²) in [6, 6.07) is 9.17. The number of ketones is 1. The van der Waals surface area contributed by atoms with Crippen LogP contribution < -0.4 is 0 Å². The van der Waals surface area contributed by atoms with E-state index < -0.39 is 0 Å². The predicted molar refractivity (Wildman–Crippen MR) is 77.4 cm³/mol. The molecule has 1 aliphatic carbocycles. The van der Waals surface area contributed by atoms with Gasteiger partial charge in [-0.2, -0.15) is 0 Å². The fourth-order valence-electron chi connectivity index (χ4n) is 2.78. The molecule has 3 heteroatoms. The van der Waals surface area contributed by atoms with Crippen molar-refractivity contribution in [1.29, 1.82) is 0 Å². The molecule has 0 spiro atoms. The lowest BCUT2D eigenvalue weighted by Gasteiger charge is -2.30. The van der Waals surface area contributed by atoms with Crippen LogP contribution in [0.3, 0.4) is 0 Å². The van der Waals surface area contributed by atoms with E-state index in [-0.39, 0.29) is 23.6 Å². The van der Waals surface area contributed by atoms with Crippen LogP contribution in [0.1, 0.15) is 37.0 Å².